The van der Waals surface area contributed by atoms with Crippen molar-refractivity contribution in [2.24, 2.45) is 28.1 Å². The van der Waals surface area contributed by atoms with Crippen molar-refractivity contribution in [3.05, 3.63) is 23.8 Å². The van der Waals surface area contributed by atoms with Gasteiger partial charge in [0.05, 0.1) is 5.60 Å². The van der Waals surface area contributed by atoms with Crippen molar-refractivity contribution in [2.45, 2.75) is 90.8 Å². The fourth-order valence-corrected chi connectivity index (χ4v) is 7.96. The Balaban J connectivity index is 1.73. The van der Waals surface area contributed by atoms with E-state index in [0.29, 0.717) is 30.8 Å². The van der Waals surface area contributed by atoms with E-state index in [1.807, 2.05) is 0 Å². The maximum Gasteiger partial charge on any atom is 0.333 e. The Morgan fingerprint density at radius 3 is 2.50 bits per heavy atom. The first-order chi connectivity index (χ1) is 13.9. The molecule has 0 aliphatic heterocycles. The number of fused-ring (bicyclic) bond motifs is 3. The van der Waals surface area contributed by atoms with Gasteiger partial charge >= 0.3 is 11.9 Å². The summed E-state index contributed by atoms with van der Waals surface area (Å²) in [4.78, 5) is 25.2. The summed E-state index contributed by atoms with van der Waals surface area (Å²) in [6, 6.07) is 0. The molecule has 4 saturated carbocycles. The lowest BCUT2D eigenvalue weighted by atomic mass is 9.38. The molecular weight excluding hydrogens is 380 g/mol. The van der Waals surface area contributed by atoms with Gasteiger partial charge in [0.25, 0.3) is 0 Å². The number of hydrogen-bond acceptors (Lipinski definition) is 4. The summed E-state index contributed by atoms with van der Waals surface area (Å²) in [5.41, 5.74) is -1.07. The Morgan fingerprint density at radius 2 is 1.87 bits per heavy atom. The number of carbonyl (C=O) groups excluding carboxylic acids is 1. The molecule has 0 saturated heterocycles. The number of esters is 1. The molecule has 1 spiro atoms. The normalized spacial score (nSPS) is 48.0. The van der Waals surface area contributed by atoms with Crippen LogP contribution in [0.2, 0.25) is 0 Å². The van der Waals surface area contributed by atoms with E-state index in [2.05, 4.69) is 13.5 Å². The van der Waals surface area contributed by atoms with Gasteiger partial charge in [-0.25, -0.2) is 4.79 Å². The first-order valence-corrected chi connectivity index (χ1v) is 11.4. The quantitative estimate of drug-likeness (QED) is 0.398. The second-order valence-electron chi connectivity index (χ2n) is 10.9. The summed E-state index contributed by atoms with van der Waals surface area (Å²) in [7, 11) is 0. The Hall–Kier alpha value is -1.62. The van der Waals surface area contributed by atoms with Crippen LogP contribution in [0.4, 0.5) is 0 Å². The van der Waals surface area contributed by atoms with Gasteiger partial charge in [-0.15, -0.1) is 0 Å². The smallest absolute Gasteiger partial charge is 0.333 e. The number of aliphatic hydroxyl groups is 1. The van der Waals surface area contributed by atoms with Crippen molar-refractivity contribution in [3.8, 4) is 0 Å². The average Bonchev–Trinajstić information content (AvgIpc) is 2.97. The minimum Gasteiger partial charge on any atom is -0.481 e. The van der Waals surface area contributed by atoms with Crippen molar-refractivity contribution < 1.29 is 24.5 Å². The summed E-state index contributed by atoms with van der Waals surface area (Å²) in [6.45, 7) is 11.6. The number of hydrogen-bond donors (Lipinski definition) is 2. The fourth-order valence-electron chi connectivity index (χ4n) is 7.96. The highest BCUT2D eigenvalue weighted by Crippen LogP contribution is 2.74. The summed E-state index contributed by atoms with van der Waals surface area (Å²) in [6.07, 6.45) is 7.16. The topological polar surface area (TPSA) is 83.8 Å². The van der Waals surface area contributed by atoms with Crippen LogP contribution in [0, 0.1) is 28.1 Å². The molecule has 7 atom stereocenters. The highest BCUT2D eigenvalue weighted by molar-refractivity contribution is 5.88. The second kappa shape index (κ2) is 6.69. The van der Waals surface area contributed by atoms with E-state index in [0.717, 1.165) is 32.1 Å². The summed E-state index contributed by atoms with van der Waals surface area (Å²) in [5, 5.41) is 22.7. The largest absolute Gasteiger partial charge is 0.481 e. The predicted octanol–water partition coefficient (Wildman–Crippen LogP) is 4.64. The molecule has 0 aromatic heterocycles. The van der Waals surface area contributed by atoms with Crippen LogP contribution < -0.4 is 0 Å². The number of rotatable bonds is 3. The summed E-state index contributed by atoms with van der Waals surface area (Å²) >= 11 is 0. The molecule has 0 amide bonds. The van der Waals surface area contributed by atoms with Gasteiger partial charge < -0.3 is 14.9 Å². The van der Waals surface area contributed by atoms with Crippen LogP contribution >= 0.6 is 0 Å². The minimum atomic E-state index is -1.22. The van der Waals surface area contributed by atoms with Crippen molar-refractivity contribution in [1.29, 1.82) is 0 Å². The third-order valence-electron chi connectivity index (χ3n) is 9.92. The van der Waals surface area contributed by atoms with Gasteiger partial charge in [-0.1, -0.05) is 25.2 Å². The molecule has 0 aromatic rings. The molecular formula is C25H36O5. The predicted molar refractivity (Wildman–Crippen MR) is 114 cm³/mol. The maximum absolute atomic E-state index is 12.7. The number of aliphatic carboxylic acids is 1. The average molecular weight is 417 g/mol. The Labute approximate surface area is 179 Å². The summed E-state index contributed by atoms with van der Waals surface area (Å²) < 4.78 is 5.78. The molecule has 5 nitrogen and oxygen atoms in total. The minimum absolute atomic E-state index is 0.178. The van der Waals surface area contributed by atoms with Crippen LogP contribution in [0.5, 0.6) is 0 Å². The van der Waals surface area contributed by atoms with Gasteiger partial charge in [-0.3, -0.25) is 4.79 Å². The van der Waals surface area contributed by atoms with Crippen molar-refractivity contribution in [2.75, 3.05) is 0 Å². The van der Waals surface area contributed by atoms with Crippen molar-refractivity contribution in [3.63, 3.8) is 0 Å². The third-order valence-corrected chi connectivity index (χ3v) is 9.92. The van der Waals surface area contributed by atoms with Gasteiger partial charge in [0, 0.05) is 16.4 Å². The summed E-state index contributed by atoms with van der Waals surface area (Å²) in [5.74, 6) is -1.13. The van der Waals surface area contributed by atoms with E-state index in [1.165, 1.54) is 5.57 Å². The van der Waals surface area contributed by atoms with Crippen molar-refractivity contribution in [1.82, 2.24) is 0 Å². The van der Waals surface area contributed by atoms with E-state index in [9.17, 15) is 19.8 Å². The zero-order valence-corrected chi connectivity index (χ0v) is 18.8. The number of carboxylic acid groups (broad SMARTS) is 1. The van der Waals surface area contributed by atoms with Gasteiger partial charge in [0.15, 0.2) is 0 Å². The molecule has 0 radical (unpaired) electrons. The van der Waals surface area contributed by atoms with Crippen LogP contribution in [0.15, 0.2) is 23.8 Å². The number of carboxylic acids is 1. The van der Waals surface area contributed by atoms with E-state index in [4.69, 9.17) is 4.74 Å². The molecule has 4 aliphatic carbocycles. The lowest BCUT2D eigenvalue weighted by Gasteiger charge is -2.68. The molecule has 4 fully saturated rings. The highest BCUT2D eigenvalue weighted by Gasteiger charge is 2.74. The zero-order chi connectivity index (χ0) is 22.1. The van der Waals surface area contributed by atoms with Crippen LogP contribution in [0.1, 0.15) is 79.1 Å². The van der Waals surface area contributed by atoms with Gasteiger partial charge in [-0.05, 0) is 84.0 Å². The molecule has 4 rings (SSSR count). The molecule has 2 bridgehead atoms. The van der Waals surface area contributed by atoms with Crippen LogP contribution in [-0.2, 0) is 14.3 Å². The van der Waals surface area contributed by atoms with E-state index < -0.39 is 34.5 Å². The van der Waals surface area contributed by atoms with Crippen LogP contribution in [0.25, 0.3) is 0 Å². The lowest BCUT2D eigenvalue weighted by Crippen LogP contribution is -2.71. The zero-order valence-electron chi connectivity index (χ0n) is 18.8. The monoisotopic (exact) mass is 416 g/mol. The van der Waals surface area contributed by atoms with E-state index >= 15 is 0 Å². The molecule has 166 valence electrons. The number of ether oxygens (including phenoxy) is 1. The molecule has 4 aliphatic rings. The standard InChI is InChI=1S/C25H36O5/c1-6-15(2)20(26)30-19-9-10-22(4)18(23(19,5)21(27)28)8-11-24-13-16(3)17(14-24)7-12-25(22,24)29/h6,17-19,29H,3,7-14H2,1-2,4-5H3,(H,27,28)/b15-6-/t17?,18-,19+,22+,23-,24+,25+/m0/s1. The SMILES string of the molecule is C=C1C[C@@]23CC[C@@H]4[C@](C)(C(=O)O)[C@H](OC(=O)/C(C)=C\C)CC[C@@]4(C)[C@]2(O)CCC1C3. The fraction of sp³-hybridized carbons (Fsp3) is 0.760. The van der Waals surface area contributed by atoms with E-state index in [-0.39, 0.29) is 11.3 Å². The van der Waals surface area contributed by atoms with Gasteiger partial charge in [0.2, 0.25) is 0 Å². The third kappa shape index (κ3) is 2.50. The molecule has 30 heavy (non-hydrogen) atoms. The Kier molecular flexibility index (Phi) is 4.82. The van der Waals surface area contributed by atoms with Gasteiger partial charge in [0.1, 0.15) is 11.5 Å². The lowest BCUT2D eigenvalue weighted by molar-refractivity contribution is -0.276. The number of carbonyl (C=O) groups is 2. The molecule has 0 aromatic carbocycles. The number of allylic oxidation sites excluding steroid dienone is 2. The molecule has 2 N–H and O–H groups in total. The molecule has 5 heteroatoms. The van der Waals surface area contributed by atoms with E-state index in [1.54, 1.807) is 26.8 Å². The van der Waals surface area contributed by atoms with Gasteiger partial charge in [-0.2, -0.15) is 0 Å². The first-order valence-electron chi connectivity index (χ1n) is 11.4. The van der Waals surface area contributed by atoms with Crippen molar-refractivity contribution >= 4 is 11.9 Å². The maximum atomic E-state index is 12.7. The molecule has 1 unspecified atom stereocenters. The second-order valence-corrected chi connectivity index (χ2v) is 10.9. The van der Waals surface area contributed by atoms with Crippen LogP contribution in [0.3, 0.4) is 0 Å². The van der Waals surface area contributed by atoms with Crippen LogP contribution in [-0.4, -0.2) is 33.9 Å². The molecule has 0 heterocycles. The highest BCUT2D eigenvalue weighted by atomic mass is 16.5. The first kappa shape index (κ1) is 21.6. The Morgan fingerprint density at radius 1 is 1.17 bits per heavy atom. The Bertz CT molecular complexity index is 829.